The first-order valence-electron chi connectivity index (χ1n) is 6.05. The third-order valence-electron chi connectivity index (χ3n) is 2.56. The van der Waals surface area contributed by atoms with Gasteiger partial charge in [-0.05, 0) is 35.8 Å². The minimum absolute atomic E-state index is 0.306. The van der Waals surface area contributed by atoms with Crippen molar-refractivity contribution in [1.29, 1.82) is 0 Å². The van der Waals surface area contributed by atoms with E-state index in [9.17, 15) is 0 Å². The van der Waals surface area contributed by atoms with Crippen LogP contribution >= 0.6 is 12.2 Å². The van der Waals surface area contributed by atoms with Crippen molar-refractivity contribution in [3.63, 3.8) is 0 Å². The highest BCUT2D eigenvalue weighted by molar-refractivity contribution is 7.80. The van der Waals surface area contributed by atoms with Gasteiger partial charge in [0.05, 0.1) is 0 Å². The van der Waals surface area contributed by atoms with E-state index in [-0.39, 0.29) is 0 Å². The van der Waals surface area contributed by atoms with Crippen LogP contribution in [-0.4, -0.2) is 18.5 Å². The van der Waals surface area contributed by atoms with E-state index in [0.717, 1.165) is 23.6 Å². The Bertz CT molecular complexity index is 435. The lowest BCUT2D eigenvalue weighted by Gasteiger charge is -2.12. The molecule has 0 saturated heterocycles. The number of fused-ring (bicyclic) bond motifs is 1. The maximum absolute atomic E-state index is 5.33. The quantitative estimate of drug-likeness (QED) is 0.816. The lowest BCUT2D eigenvalue weighted by molar-refractivity contribution is 0.174. The average Bonchev–Trinajstić information content (AvgIpc) is 2.81. The van der Waals surface area contributed by atoms with Crippen molar-refractivity contribution in [1.82, 2.24) is 10.6 Å². The van der Waals surface area contributed by atoms with Crippen LogP contribution in [-0.2, 0) is 6.54 Å². The van der Waals surface area contributed by atoms with Gasteiger partial charge < -0.3 is 20.1 Å². The average molecular weight is 266 g/mol. The molecule has 0 unspecified atom stereocenters. The van der Waals surface area contributed by atoms with Crippen molar-refractivity contribution >= 4 is 17.3 Å². The zero-order valence-corrected chi connectivity index (χ0v) is 11.5. The summed E-state index contributed by atoms with van der Waals surface area (Å²) in [4.78, 5) is 0. The molecule has 1 heterocycles. The Morgan fingerprint density at radius 3 is 2.83 bits per heavy atom. The van der Waals surface area contributed by atoms with E-state index >= 15 is 0 Å². The van der Waals surface area contributed by atoms with Gasteiger partial charge in [-0.25, -0.2) is 0 Å². The zero-order chi connectivity index (χ0) is 13.0. The Kier molecular flexibility index (Phi) is 4.25. The maximum atomic E-state index is 5.33. The summed E-state index contributed by atoms with van der Waals surface area (Å²) < 4.78 is 10.6. The van der Waals surface area contributed by atoms with Crippen molar-refractivity contribution in [3.8, 4) is 11.5 Å². The minimum Gasteiger partial charge on any atom is -0.454 e. The van der Waals surface area contributed by atoms with Gasteiger partial charge in [0.15, 0.2) is 16.6 Å². The number of hydrogen-bond acceptors (Lipinski definition) is 3. The Morgan fingerprint density at radius 1 is 1.28 bits per heavy atom. The summed E-state index contributed by atoms with van der Waals surface area (Å²) in [5.74, 6) is 2.19. The van der Waals surface area contributed by atoms with Crippen molar-refractivity contribution in [2.24, 2.45) is 5.92 Å². The summed E-state index contributed by atoms with van der Waals surface area (Å²) >= 11 is 5.19. The Balaban J connectivity index is 1.81. The number of benzene rings is 1. The van der Waals surface area contributed by atoms with E-state index in [1.807, 2.05) is 18.2 Å². The number of ether oxygens (including phenoxy) is 2. The lowest BCUT2D eigenvalue weighted by Crippen LogP contribution is -2.36. The van der Waals surface area contributed by atoms with Gasteiger partial charge >= 0.3 is 0 Å². The summed E-state index contributed by atoms with van der Waals surface area (Å²) in [6.07, 6.45) is 0. The first-order chi connectivity index (χ1) is 8.65. The fourth-order valence-corrected chi connectivity index (χ4v) is 1.75. The van der Waals surface area contributed by atoms with Crippen LogP contribution < -0.4 is 20.1 Å². The molecule has 0 radical (unpaired) electrons. The predicted octanol–water partition coefficient (Wildman–Crippen LogP) is 2.04. The Morgan fingerprint density at radius 2 is 2.06 bits per heavy atom. The van der Waals surface area contributed by atoms with Crippen molar-refractivity contribution in [2.45, 2.75) is 20.4 Å². The van der Waals surface area contributed by atoms with E-state index in [2.05, 4.69) is 24.5 Å². The van der Waals surface area contributed by atoms with Crippen molar-refractivity contribution in [2.75, 3.05) is 13.3 Å². The van der Waals surface area contributed by atoms with Gasteiger partial charge in [-0.2, -0.15) is 0 Å². The normalized spacial score (nSPS) is 12.6. The highest BCUT2D eigenvalue weighted by atomic mass is 32.1. The molecule has 0 saturated carbocycles. The second kappa shape index (κ2) is 5.91. The van der Waals surface area contributed by atoms with Gasteiger partial charge in [0.1, 0.15) is 0 Å². The van der Waals surface area contributed by atoms with Gasteiger partial charge in [-0.15, -0.1) is 0 Å². The van der Waals surface area contributed by atoms with E-state index < -0.39 is 0 Å². The van der Waals surface area contributed by atoms with Crippen LogP contribution in [0.15, 0.2) is 18.2 Å². The fraction of sp³-hybridized carbons (Fsp3) is 0.462. The van der Waals surface area contributed by atoms with Crippen LogP contribution in [0.1, 0.15) is 19.4 Å². The van der Waals surface area contributed by atoms with Crippen LogP contribution in [0.3, 0.4) is 0 Å². The molecule has 0 atom stereocenters. The van der Waals surface area contributed by atoms with Gasteiger partial charge in [-0.1, -0.05) is 19.9 Å². The molecule has 2 rings (SSSR count). The molecule has 1 aromatic rings. The van der Waals surface area contributed by atoms with Crippen LogP contribution in [0.25, 0.3) is 0 Å². The molecule has 0 bridgehead atoms. The van der Waals surface area contributed by atoms with E-state index in [1.165, 1.54) is 0 Å². The molecule has 1 aromatic carbocycles. The Labute approximate surface area is 113 Å². The molecule has 0 spiro atoms. The van der Waals surface area contributed by atoms with Crippen LogP contribution in [0.2, 0.25) is 0 Å². The molecule has 0 aliphatic carbocycles. The molecule has 2 N–H and O–H groups in total. The summed E-state index contributed by atoms with van der Waals surface area (Å²) in [6.45, 7) is 6.16. The smallest absolute Gasteiger partial charge is 0.231 e. The largest absolute Gasteiger partial charge is 0.454 e. The van der Waals surface area contributed by atoms with E-state index in [1.54, 1.807) is 0 Å². The fourth-order valence-electron chi connectivity index (χ4n) is 1.59. The number of thiocarbonyl (C=S) groups is 1. The zero-order valence-electron chi connectivity index (χ0n) is 10.7. The molecule has 18 heavy (non-hydrogen) atoms. The molecule has 4 nitrogen and oxygen atoms in total. The van der Waals surface area contributed by atoms with Crippen molar-refractivity contribution < 1.29 is 9.47 Å². The highest BCUT2D eigenvalue weighted by Crippen LogP contribution is 2.32. The number of rotatable bonds is 4. The van der Waals surface area contributed by atoms with Gasteiger partial charge in [0, 0.05) is 13.1 Å². The number of hydrogen-bond donors (Lipinski definition) is 2. The first kappa shape index (κ1) is 13.0. The van der Waals surface area contributed by atoms with Crippen LogP contribution in [0.5, 0.6) is 11.5 Å². The molecule has 0 aromatic heterocycles. The maximum Gasteiger partial charge on any atom is 0.231 e. The van der Waals surface area contributed by atoms with Crippen LogP contribution in [0.4, 0.5) is 0 Å². The summed E-state index contributed by atoms with van der Waals surface area (Å²) in [7, 11) is 0. The van der Waals surface area contributed by atoms with Gasteiger partial charge in [0.2, 0.25) is 6.79 Å². The summed E-state index contributed by atoms with van der Waals surface area (Å²) in [5, 5.41) is 7.02. The number of nitrogens with one attached hydrogen (secondary N) is 2. The lowest BCUT2D eigenvalue weighted by atomic mass is 10.2. The predicted molar refractivity (Wildman–Crippen MR) is 74.8 cm³/mol. The second-order valence-electron chi connectivity index (χ2n) is 4.65. The molecular weight excluding hydrogens is 248 g/mol. The third-order valence-corrected chi connectivity index (χ3v) is 2.85. The standard InChI is InChI=1S/C13H18N2O2S/c1-9(2)6-14-13(18)15-7-10-3-4-11-12(5-10)17-8-16-11/h3-5,9H,6-8H2,1-2H3,(H2,14,15,18). The molecule has 98 valence electrons. The molecule has 0 fully saturated rings. The minimum atomic E-state index is 0.306. The molecular formula is C13H18N2O2S. The SMILES string of the molecule is CC(C)CNC(=S)NCc1ccc2c(c1)OCO2. The first-order valence-corrected chi connectivity index (χ1v) is 6.46. The van der Waals surface area contributed by atoms with Gasteiger partial charge in [-0.3, -0.25) is 0 Å². The molecule has 1 aliphatic rings. The molecule has 5 heteroatoms. The second-order valence-corrected chi connectivity index (χ2v) is 5.05. The van der Waals surface area contributed by atoms with E-state index in [0.29, 0.717) is 24.4 Å². The molecule has 1 aliphatic heterocycles. The highest BCUT2D eigenvalue weighted by Gasteiger charge is 2.12. The summed E-state index contributed by atoms with van der Waals surface area (Å²) in [5.41, 5.74) is 1.12. The van der Waals surface area contributed by atoms with Crippen LogP contribution in [0, 0.1) is 5.92 Å². The Hall–Kier alpha value is -1.49. The van der Waals surface area contributed by atoms with Crippen molar-refractivity contribution in [3.05, 3.63) is 23.8 Å². The topological polar surface area (TPSA) is 42.5 Å². The summed E-state index contributed by atoms with van der Waals surface area (Å²) in [6, 6.07) is 5.90. The van der Waals surface area contributed by atoms with Gasteiger partial charge in [0.25, 0.3) is 0 Å². The third kappa shape index (κ3) is 3.50. The van der Waals surface area contributed by atoms with E-state index in [4.69, 9.17) is 21.7 Å². The molecule has 0 amide bonds. The monoisotopic (exact) mass is 266 g/mol.